The molecule has 1 aromatic carbocycles. The van der Waals surface area contributed by atoms with Gasteiger partial charge in [0, 0.05) is 41.1 Å². The molecule has 1 aliphatic heterocycles. The van der Waals surface area contributed by atoms with Crippen LogP contribution < -0.4 is 5.73 Å². The van der Waals surface area contributed by atoms with Gasteiger partial charge in [0.05, 0.1) is 12.7 Å². The average Bonchev–Trinajstić information content (AvgIpc) is 2.72. The maximum absolute atomic E-state index is 10.1. The number of hydrogen-bond acceptors (Lipinski definition) is 4. The SMILES string of the molecule is NC(COP)C1CN(Cc2ccccc2)CC1O. The molecule has 0 spiro atoms. The molecule has 3 N–H and O–H groups in total. The first kappa shape index (κ1) is 13.9. The molecule has 0 saturated carbocycles. The highest BCUT2D eigenvalue weighted by Crippen LogP contribution is 2.22. The van der Waals surface area contributed by atoms with E-state index in [2.05, 4.69) is 26.5 Å². The zero-order valence-electron chi connectivity index (χ0n) is 10.4. The van der Waals surface area contributed by atoms with Crippen LogP contribution in [0, 0.1) is 5.92 Å². The first-order chi connectivity index (χ1) is 8.70. The van der Waals surface area contributed by atoms with Gasteiger partial charge in [0.25, 0.3) is 0 Å². The van der Waals surface area contributed by atoms with E-state index in [4.69, 9.17) is 10.3 Å². The molecule has 0 aliphatic carbocycles. The Hall–Kier alpha value is -0.510. The van der Waals surface area contributed by atoms with Crippen molar-refractivity contribution in [3.63, 3.8) is 0 Å². The largest absolute Gasteiger partial charge is 0.391 e. The number of nitrogens with zero attached hydrogens (tertiary/aromatic N) is 1. The highest BCUT2D eigenvalue weighted by Gasteiger charge is 2.35. The highest BCUT2D eigenvalue weighted by atomic mass is 31.0. The summed E-state index contributed by atoms with van der Waals surface area (Å²) in [6.45, 7) is 2.84. The molecule has 0 amide bonds. The second-order valence-electron chi connectivity index (χ2n) is 4.91. The fourth-order valence-corrected chi connectivity index (χ4v) is 2.74. The van der Waals surface area contributed by atoms with E-state index in [0.29, 0.717) is 13.2 Å². The minimum atomic E-state index is -0.358. The maximum atomic E-state index is 10.1. The fraction of sp³-hybridized carbons (Fsp3) is 0.538. The van der Waals surface area contributed by atoms with Gasteiger partial charge in [0.2, 0.25) is 0 Å². The van der Waals surface area contributed by atoms with Gasteiger partial charge in [0.1, 0.15) is 0 Å². The van der Waals surface area contributed by atoms with Gasteiger partial charge in [-0.15, -0.1) is 0 Å². The number of aliphatic hydroxyl groups excluding tert-OH is 1. The molecular formula is C13H21N2O2P. The van der Waals surface area contributed by atoms with Crippen molar-refractivity contribution in [3.05, 3.63) is 35.9 Å². The van der Waals surface area contributed by atoms with Crippen LogP contribution in [0.15, 0.2) is 30.3 Å². The van der Waals surface area contributed by atoms with E-state index in [9.17, 15) is 5.11 Å². The van der Waals surface area contributed by atoms with E-state index in [-0.39, 0.29) is 18.1 Å². The Labute approximate surface area is 110 Å². The summed E-state index contributed by atoms with van der Waals surface area (Å²) in [7, 11) is 2.21. The molecule has 4 atom stereocenters. The summed E-state index contributed by atoms with van der Waals surface area (Å²) in [6.07, 6.45) is -0.358. The summed E-state index contributed by atoms with van der Waals surface area (Å²) in [6, 6.07) is 10.2. The molecule has 1 saturated heterocycles. The van der Waals surface area contributed by atoms with Crippen LogP contribution in [0.3, 0.4) is 0 Å². The lowest BCUT2D eigenvalue weighted by atomic mass is 9.98. The standard InChI is InChI=1S/C13H21N2O2P/c14-12(9-17-18)11-7-15(8-13(11)16)6-10-4-2-1-3-5-10/h1-5,11-13,16H,6-9,14,18H2. The Morgan fingerprint density at radius 3 is 2.78 bits per heavy atom. The van der Waals surface area contributed by atoms with Crippen molar-refractivity contribution in [1.29, 1.82) is 0 Å². The molecule has 2 rings (SSSR count). The van der Waals surface area contributed by atoms with Gasteiger partial charge in [-0.3, -0.25) is 4.90 Å². The quantitative estimate of drug-likeness (QED) is 0.768. The molecule has 0 aromatic heterocycles. The van der Waals surface area contributed by atoms with E-state index < -0.39 is 0 Å². The molecule has 4 unspecified atom stereocenters. The number of benzene rings is 1. The van der Waals surface area contributed by atoms with E-state index in [1.54, 1.807) is 0 Å². The lowest BCUT2D eigenvalue weighted by molar-refractivity contribution is 0.118. The van der Waals surface area contributed by atoms with E-state index in [1.807, 2.05) is 18.2 Å². The molecule has 5 heteroatoms. The number of hydrogen-bond donors (Lipinski definition) is 2. The van der Waals surface area contributed by atoms with Gasteiger partial charge >= 0.3 is 0 Å². The van der Waals surface area contributed by atoms with Crippen molar-refractivity contribution >= 4 is 9.47 Å². The van der Waals surface area contributed by atoms with Crippen molar-refractivity contribution in [2.45, 2.75) is 18.7 Å². The molecule has 100 valence electrons. The number of aliphatic hydroxyl groups is 1. The lowest BCUT2D eigenvalue weighted by Crippen LogP contribution is -2.40. The zero-order valence-corrected chi connectivity index (χ0v) is 11.6. The van der Waals surface area contributed by atoms with Crippen LogP contribution in [-0.2, 0) is 11.1 Å². The molecular weight excluding hydrogens is 247 g/mol. The Bertz CT molecular complexity index is 363. The van der Waals surface area contributed by atoms with Crippen LogP contribution in [0.4, 0.5) is 0 Å². The molecule has 0 radical (unpaired) electrons. The zero-order chi connectivity index (χ0) is 13.0. The molecule has 1 aliphatic rings. The van der Waals surface area contributed by atoms with E-state index in [1.165, 1.54) is 5.56 Å². The van der Waals surface area contributed by atoms with Crippen molar-refractivity contribution < 1.29 is 9.63 Å². The van der Waals surface area contributed by atoms with Gasteiger partial charge < -0.3 is 15.4 Å². The first-order valence-corrected chi connectivity index (χ1v) is 6.69. The Morgan fingerprint density at radius 2 is 2.11 bits per heavy atom. The first-order valence-electron chi connectivity index (χ1n) is 6.22. The predicted octanol–water partition coefficient (Wildman–Crippen LogP) is 0.613. The normalized spacial score (nSPS) is 26.4. The van der Waals surface area contributed by atoms with Crippen molar-refractivity contribution in [3.8, 4) is 0 Å². The summed E-state index contributed by atoms with van der Waals surface area (Å²) in [5.74, 6) is 0.0919. The third kappa shape index (κ3) is 3.50. The minimum absolute atomic E-state index is 0.0919. The summed E-state index contributed by atoms with van der Waals surface area (Å²) in [5, 5.41) is 10.1. The summed E-state index contributed by atoms with van der Waals surface area (Å²) < 4.78 is 4.98. The van der Waals surface area contributed by atoms with Crippen LogP contribution in [-0.4, -0.2) is 41.8 Å². The second kappa shape index (κ2) is 6.60. The molecule has 1 aromatic rings. The third-order valence-electron chi connectivity index (χ3n) is 3.50. The van der Waals surface area contributed by atoms with Crippen molar-refractivity contribution in [2.24, 2.45) is 11.7 Å². The summed E-state index contributed by atoms with van der Waals surface area (Å²) >= 11 is 0. The number of likely N-dealkylation sites (tertiary alicyclic amines) is 1. The van der Waals surface area contributed by atoms with Crippen LogP contribution in [0.1, 0.15) is 5.56 Å². The number of nitrogens with two attached hydrogens (primary N) is 1. The topological polar surface area (TPSA) is 58.7 Å². The second-order valence-corrected chi connectivity index (χ2v) is 5.24. The number of β-amino-alcohol motifs (C(OH)–C–C–N with tert-alkyl or cyclic N) is 1. The molecule has 1 heterocycles. The molecule has 0 bridgehead atoms. The number of rotatable bonds is 5. The van der Waals surface area contributed by atoms with E-state index >= 15 is 0 Å². The Morgan fingerprint density at radius 1 is 1.39 bits per heavy atom. The molecule has 4 nitrogen and oxygen atoms in total. The highest BCUT2D eigenvalue weighted by molar-refractivity contribution is 7.09. The Balaban J connectivity index is 1.90. The van der Waals surface area contributed by atoms with Gasteiger partial charge in [-0.05, 0) is 5.56 Å². The fourth-order valence-electron chi connectivity index (χ4n) is 2.52. The lowest BCUT2D eigenvalue weighted by Gasteiger charge is -2.21. The predicted molar refractivity (Wildman–Crippen MR) is 74.9 cm³/mol. The van der Waals surface area contributed by atoms with Gasteiger partial charge in [-0.1, -0.05) is 30.3 Å². The van der Waals surface area contributed by atoms with Crippen LogP contribution >= 0.6 is 9.47 Å². The van der Waals surface area contributed by atoms with Gasteiger partial charge in [-0.25, -0.2) is 0 Å². The maximum Gasteiger partial charge on any atom is 0.0723 e. The Kier molecular flexibility index (Phi) is 5.10. The smallest absolute Gasteiger partial charge is 0.0723 e. The third-order valence-corrected chi connectivity index (χ3v) is 3.69. The van der Waals surface area contributed by atoms with Crippen LogP contribution in [0.2, 0.25) is 0 Å². The van der Waals surface area contributed by atoms with Gasteiger partial charge in [-0.2, -0.15) is 0 Å². The summed E-state index contributed by atoms with van der Waals surface area (Å²) in [5.41, 5.74) is 7.28. The van der Waals surface area contributed by atoms with E-state index in [0.717, 1.165) is 13.1 Å². The monoisotopic (exact) mass is 268 g/mol. The van der Waals surface area contributed by atoms with Crippen molar-refractivity contribution in [1.82, 2.24) is 4.90 Å². The van der Waals surface area contributed by atoms with Crippen molar-refractivity contribution in [2.75, 3.05) is 19.7 Å². The molecule has 18 heavy (non-hydrogen) atoms. The van der Waals surface area contributed by atoms with Crippen LogP contribution in [0.5, 0.6) is 0 Å². The molecule has 1 fully saturated rings. The van der Waals surface area contributed by atoms with Crippen LogP contribution in [0.25, 0.3) is 0 Å². The van der Waals surface area contributed by atoms with Gasteiger partial charge in [0.15, 0.2) is 0 Å². The summed E-state index contributed by atoms with van der Waals surface area (Å²) in [4.78, 5) is 2.24. The minimum Gasteiger partial charge on any atom is -0.391 e. The average molecular weight is 268 g/mol.